The van der Waals surface area contributed by atoms with Gasteiger partial charge in [-0.15, -0.1) is 11.8 Å². The highest BCUT2D eigenvalue weighted by molar-refractivity contribution is 9.11. The first kappa shape index (κ1) is 44.8. The second-order valence-electron chi connectivity index (χ2n) is 18.8. The molecule has 1 aliphatic carbocycles. The Hall–Kier alpha value is -0.209. The molecule has 272 valence electrons. The predicted molar refractivity (Wildman–Crippen MR) is 220 cm³/mol. The zero-order chi connectivity index (χ0) is 36.6. The summed E-state index contributed by atoms with van der Waals surface area (Å²) in [6.45, 7) is 44.8. The van der Waals surface area contributed by atoms with Gasteiger partial charge in [-0.3, -0.25) is 0 Å². The minimum Gasteiger partial charge on any atom is -0.417 e. The van der Waals surface area contributed by atoms with E-state index in [-0.39, 0.29) is 33.2 Å². The molecule has 0 aliphatic heterocycles. The van der Waals surface area contributed by atoms with Gasteiger partial charge in [0, 0.05) is 18.9 Å². The van der Waals surface area contributed by atoms with Crippen LogP contribution in [-0.2, 0) is 13.3 Å². The Labute approximate surface area is 305 Å². The maximum absolute atomic E-state index is 7.17. The zero-order valence-electron chi connectivity index (χ0n) is 33.9. The van der Waals surface area contributed by atoms with Crippen molar-refractivity contribution in [2.45, 2.75) is 181 Å². The van der Waals surface area contributed by atoms with Crippen molar-refractivity contribution in [3.05, 3.63) is 34.9 Å². The Balaban J connectivity index is 3.27. The van der Waals surface area contributed by atoms with E-state index in [1.807, 2.05) is 6.92 Å². The molecule has 5 atom stereocenters. The Morgan fingerprint density at radius 3 is 1.98 bits per heavy atom. The van der Waals surface area contributed by atoms with Gasteiger partial charge in [-0.25, -0.2) is 0 Å². The molecule has 0 aromatic rings. The molecule has 3 nitrogen and oxygen atoms in total. The third-order valence-electron chi connectivity index (χ3n) is 11.7. The summed E-state index contributed by atoms with van der Waals surface area (Å²) in [5, 5.41) is 0.548. The SMILES string of the molecule is C=C1C[C@@H](O[Si](C)(C)C(C)(C)C)[C@H](/C=C/C(O[Si](C)(C)C(C)(C)C)C(C)CC#CC)[C@H]1C/C(Br)=C/CCCCO[Si](C)(C)C(C)(C)C. The van der Waals surface area contributed by atoms with Gasteiger partial charge < -0.3 is 13.3 Å². The van der Waals surface area contributed by atoms with Crippen molar-refractivity contribution in [1.82, 2.24) is 0 Å². The molecule has 0 aromatic heterocycles. The van der Waals surface area contributed by atoms with Crippen LogP contribution < -0.4 is 0 Å². The number of rotatable bonds is 16. The molecule has 1 saturated carbocycles. The summed E-state index contributed by atoms with van der Waals surface area (Å²) in [5.74, 6) is 7.32. The number of hydrogen-bond acceptors (Lipinski definition) is 3. The lowest BCUT2D eigenvalue weighted by atomic mass is 9.88. The second-order valence-corrected chi connectivity index (χ2v) is 34.1. The molecule has 7 heteroatoms. The summed E-state index contributed by atoms with van der Waals surface area (Å²) < 4.78 is 21.9. The minimum atomic E-state index is -1.99. The lowest BCUT2D eigenvalue weighted by Crippen LogP contribution is -2.45. The van der Waals surface area contributed by atoms with Gasteiger partial charge in [-0.05, 0) is 110 Å². The smallest absolute Gasteiger partial charge is 0.192 e. The van der Waals surface area contributed by atoms with E-state index in [1.54, 1.807) is 0 Å². The molecule has 0 bridgehead atoms. The highest BCUT2D eigenvalue weighted by atomic mass is 79.9. The largest absolute Gasteiger partial charge is 0.417 e. The van der Waals surface area contributed by atoms with E-state index in [9.17, 15) is 0 Å². The quantitative estimate of drug-likeness (QED) is 0.0677. The van der Waals surface area contributed by atoms with Crippen LogP contribution in [0.1, 0.15) is 115 Å². The van der Waals surface area contributed by atoms with Crippen LogP contribution in [0.5, 0.6) is 0 Å². The molecule has 0 radical (unpaired) electrons. The van der Waals surface area contributed by atoms with Crippen LogP contribution in [0.25, 0.3) is 0 Å². The van der Waals surface area contributed by atoms with E-state index in [2.05, 4.69) is 161 Å². The number of halogens is 1. The van der Waals surface area contributed by atoms with Crippen LogP contribution in [0, 0.1) is 29.6 Å². The zero-order valence-corrected chi connectivity index (χ0v) is 38.5. The van der Waals surface area contributed by atoms with Crippen molar-refractivity contribution in [3.8, 4) is 11.8 Å². The van der Waals surface area contributed by atoms with Crippen molar-refractivity contribution in [1.29, 1.82) is 0 Å². The van der Waals surface area contributed by atoms with E-state index >= 15 is 0 Å². The molecule has 1 rings (SSSR count). The fourth-order valence-electron chi connectivity index (χ4n) is 5.11. The Kier molecular flexibility index (Phi) is 17.0. The molecule has 1 aliphatic rings. The lowest BCUT2D eigenvalue weighted by Gasteiger charge is -2.41. The minimum absolute atomic E-state index is 0.0206. The van der Waals surface area contributed by atoms with Crippen LogP contribution in [0.4, 0.5) is 0 Å². The maximum Gasteiger partial charge on any atom is 0.192 e. The fourth-order valence-corrected chi connectivity index (χ4v) is 9.47. The molecule has 0 amide bonds. The van der Waals surface area contributed by atoms with Gasteiger partial charge in [0.2, 0.25) is 0 Å². The molecule has 0 N–H and O–H groups in total. The van der Waals surface area contributed by atoms with Crippen LogP contribution in [-0.4, -0.2) is 43.8 Å². The van der Waals surface area contributed by atoms with Crippen LogP contribution >= 0.6 is 15.9 Å². The van der Waals surface area contributed by atoms with E-state index in [1.165, 1.54) is 10.1 Å². The summed E-state index contributed by atoms with van der Waals surface area (Å²) in [4.78, 5) is 0. The molecule has 0 aromatic carbocycles. The van der Waals surface area contributed by atoms with Gasteiger partial charge in [0.25, 0.3) is 0 Å². The molecule has 0 heterocycles. The van der Waals surface area contributed by atoms with Crippen molar-refractivity contribution < 1.29 is 13.3 Å². The van der Waals surface area contributed by atoms with Gasteiger partial charge in [0.15, 0.2) is 25.0 Å². The Bertz CT molecular complexity index is 1120. The molecule has 2 unspecified atom stereocenters. The Morgan fingerprint density at radius 1 is 0.915 bits per heavy atom. The van der Waals surface area contributed by atoms with Gasteiger partial charge >= 0.3 is 0 Å². The number of allylic oxidation sites excluding steroid dienone is 2. The average Bonchev–Trinajstić information content (AvgIpc) is 3.17. The lowest BCUT2D eigenvalue weighted by molar-refractivity contribution is 0.145. The van der Waals surface area contributed by atoms with E-state index < -0.39 is 25.0 Å². The molecular weight excluding hydrogens is 693 g/mol. The molecule has 47 heavy (non-hydrogen) atoms. The van der Waals surface area contributed by atoms with Gasteiger partial charge in [-0.1, -0.05) is 116 Å². The first-order valence-corrected chi connectivity index (χ1v) is 27.8. The Morgan fingerprint density at radius 2 is 1.47 bits per heavy atom. The van der Waals surface area contributed by atoms with E-state index in [0.717, 1.165) is 45.1 Å². The second kappa shape index (κ2) is 17.8. The number of hydrogen-bond donors (Lipinski definition) is 0. The highest BCUT2D eigenvalue weighted by Crippen LogP contribution is 2.47. The predicted octanol–water partition coefficient (Wildman–Crippen LogP) is 13.4. The highest BCUT2D eigenvalue weighted by Gasteiger charge is 2.46. The van der Waals surface area contributed by atoms with Gasteiger partial charge in [-0.2, -0.15) is 0 Å². The first-order valence-electron chi connectivity index (χ1n) is 18.3. The topological polar surface area (TPSA) is 27.7 Å². The standard InChI is InChI=1S/C40H75BrO3Si3/c1-19-20-24-31(2)36(43-46(15,16)39(7,8)9)27-26-34-35(32(3)29-37(34)44-47(17,18)40(10,11)12)30-33(41)25-22-21-23-28-42-45(13,14)38(4,5)6/h25-27,31,34-37H,3,21-24,28-30H2,1-2,4-18H3/b27-26+,33-25-/t31?,34-,35+,36?,37-/m1/s1. The summed E-state index contributed by atoms with van der Waals surface area (Å²) in [7, 11) is -5.65. The summed E-state index contributed by atoms with van der Waals surface area (Å²) in [5.41, 5.74) is 1.31. The fraction of sp³-hybridized carbons (Fsp3) is 0.800. The first-order chi connectivity index (χ1) is 21.2. The summed E-state index contributed by atoms with van der Waals surface area (Å²) in [6.07, 6.45) is 13.4. The summed E-state index contributed by atoms with van der Waals surface area (Å²) >= 11 is 3.98. The normalized spacial score (nSPS) is 22.0. The third kappa shape index (κ3) is 13.8. The molecule has 1 fully saturated rings. The van der Waals surface area contributed by atoms with Crippen LogP contribution in [0.15, 0.2) is 34.9 Å². The molecular formula is C40H75BrO3Si3. The summed E-state index contributed by atoms with van der Waals surface area (Å²) in [6, 6.07) is 0. The average molecular weight is 768 g/mol. The van der Waals surface area contributed by atoms with Crippen molar-refractivity contribution in [2.24, 2.45) is 17.8 Å². The molecule has 0 spiro atoms. The van der Waals surface area contributed by atoms with Crippen LogP contribution in [0.2, 0.25) is 54.4 Å². The van der Waals surface area contributed by atoms with Crippen molar-refractivity contribution >= 4 is 40.9 Å². The van der Waals surface area contributed by atoms with E-state index in [4.69, 9.17) is 13.3 Å². The molecule has 0 saturated heterocycles. The van der Waals surface area contributed by atoms with Gasteiger partial charge in [0.05, 0.1) is 12.2 Å². The van der Waals surface area contributed by atoms with E-state index in [0.29, 0.717) is 11.8 Å². The monoisotopic (exact) mass is 766 g/mol. The van der Waals surface area contributed by atoms with Gasteiger partial charge in [0.1, 0.15) is 0 Å². The number of unbranched alkanes of at least 4 members (excludes halogenated alkanes) is 2. The van der Waals surface area contributed by atoms with Crippen molar-refractivity contribution in [3.63, 3.8) is 0 Å². The third-order valence-corrected chi connectivity index (χ3v) is 25.9. The van der Waals surface area contributed by atoms with Crippen LogP contribution in [0.3, 0.4) is 0 Å². The van der Waals surface area contributed by atoms with Crippen molar-refractivity contribution in [2.75, 3.05) is 6.61 Å². The maximum atomic E-state index is 7.17.